The average molecular weight is 391 g/mol. The summed E-state index contributed by atoms with van der Waals surface area (Å²) in [5.74, 6) is 2.02. The van der Waals surface area contributed by atoms with E-state index in [1.807, 2.05) is 30.3 Å². The highest BCUT2D eigenvalue weighted by Crippen LogP contribution is 2.65. The second-order valence-corrected chi connectivity index (χ2v) is 10.5. The van der Waals surface area contributed by atoms with Gasteiger partial charge in [-0.1, -0.05) is 55.8 Å². The first-order valence-corrected chi connectivity index (χ1v) is 11.6. The Morgan fingerprint density at radius 1 is 1.07 bits per heavy atom. The van der Waals surface area contributed by atoms with Crippen molar-refractivity contribution >= 4 is 5.97 Å². The molecule has 6 atom stereocenters. The number of allylic oxidation sites excluding steroid dienone is 3. The van der Waals surface area contributed by atoms with Gasteiger partial charge in [0.15, 0.2) is 0 Å². The standard InChI is InChI=1S/C27H34O2/c1-18-9-12-23-22-11-10-20-17-21(29-25(28)19-7-5-4-6-8-19)13-15-27(20,3)24(22)14-16-26(18,23)2/h4-8,14,20-23H,1,9-13,15-17H2,2-3H3/t20-,21-,22+,23+,26-,27+/m1/s1. The van der Waals surface area contributed by atoms with Crippen LogP contribution in [0.3, 0.4) is 0 Å². The third-order valence-electron chi connectivity index (χ3n) is 9.22. The highest BCUT2D eigenvalue weighted by atomic mass is 16.5. The zero-order valence-electron chi connectivity index (χ0n) is 18.0. The Morgan fingerprint density at radius 2 is 1.86 bits per heavy atom. The molecule has 0 N–H and O–H groups in total. The lowest BCUT2D eigenvalue weighted by molar-refractivity contribution is -0.0259. The fraction of sp³-hybridized carbons (Fsp3) is 0.593. The van der Waals surface area contributed by atoms with E-state index < -0.39 is 0 Å². The van der Waals surface area contributed by atoms with Gasteiger partial charge >= 0.3 is 5.97 Å². The monoisotopic (exact) mass is 390 g/mol. The van der Waals surface area contributed by atoms with E-state index >= 15 is 0 Å². The number of esters is 1. The van der Waals surface area contributed by atoms with Gasteiger partial charge in [0.05, 0.1) is 5.56 Å². The zero-order chi connectivity index (χ0) is 20.2. The molecule has 0 amide bonds. The predicted molar refractivity (Wildman–Crippen MR) is 116 cm³/mol. The molecule has 0 heterocycles. The topological polar surface area (TPSA) is 26.3 Å². The van der Waals surface area contributed by atoms with Crippen molar-refractivity contribution in [1.29, 1.82) is 0 Å². The van der Waals surface area contributed by atoms with Crippen LogP contribution >= 0.6 is 0 Å². The molecule has 2 nitrogen and oxygen atoms in total. The molecular formula is C27H34O2. The van der Waals surface area contributed by atoms with Crippen LogP contribution in [0.5, 0.6) is 0 Å². The van der Waals surface area contributed by atoms with Crippen molar-refractivity contribution in [1.82, 2.24) is 0 Å². The summed E-state index contributed by atoms with van der Waals surface area (Å²) in [4.78, 5) is 12.5. The van der Waals surface area contributed by atoms with Crippen LogP contribution in [0.15, 0.2) is 54.1 Å². The van der Waals surface area contributed by atoms with Crippen LogP contribution in [0, 0.1) is 28.6 Å². The summed E-state index contributed by atoms with van der Waals surface area (Å²) in [6.45, 7) is 9.41. The van der Waals surface area contributed by atoms with E-state index in [2.05, 4.69) is 26.5 Å². The van der Waals surface area contributed by atoms with Gasteiger partial charge in [-0.3, -0.25) is 0 Å². The number of rotatable bonds is 2. The predicted octanol–water partition coefficient (Wildman–Crippen LogP) is 6.73. The number of carbonyl (C=O) groups excluding carboxylic acids is 1. The van der Waals surface area contributed by atoms with E-state index in [4.69, 9.17) is 4.74 Å². The van der Waals surface area contributed by atoms with Gasteiger partial charge in [0, 0.05) is 0 Å². The molecule has 4 aliphatic carbocycles. The molecule has 1 aromatic rings. The highest BCUT2D eigenvalue weighted by Gasteiger charge is 2.55. The molecule has 29 heavy (non-hydrogen) atoms. The third-order valence-corrected chi connectivity index (χ3v) is 9.22. The van der Waals surface area contributed by atoms with E-state index in [0.717, 1.165) is 31.1 Å². The Kier molecular flexibility index (Phi) is 4.53. The normalized spacial score (nSPS) is 41.0. The molecule has 2 heteroatoms. The molecular weight excluding hydrogens is 356 g/mol. The van der Waals surface area contributed by atoms with E-state index in [1.54, 1.807) is 5.57 Å². The number of ether oxygens (including phenoxy) is 1. The summed E-state index contributed by atoms with van der Waals surface area (Å²) in [7, 11) is 0. The number of hydrogen-bond acceptors (Lipinski definition) is 2. The number of hydrogen-bond donors (Lipinski definition) is 0. The average Bonchev–Trinajstić information content (AvgIpc) is 3.03. The Labute approximate surface area is 175 Å². The minimum atomic E-state index is -0.162. The van der Waals surface area contributed by atoms with Crippen LogP contribution < -0.4 is 0 Å². The number of carbonyl (C=O) groups is 1. The van der Waals surface area contributed by atoms with Crippen LogP contribution in [0.1, 0.15) is 75.6 Å². The quantitative estimate of drug-likeness (QED) is 0.413. The van der Waals surface area contributed by atoms with E-state index in [0.29, 0.717) is 22.3 Å². The van der Waals surface area contributed by atoms with Gasteiger partial charge in [0.1, 0.15) is 6.10 Å². The Bertz CT molecular complexity index is 853. The maximum atomic E-state index is 12.5. The third kappa shape index (κ3) is 2.94. The minimum absolute atomic E-state index is 0.0676. The summed E-state index contributed by atoms with van der Waals surface area (Å²) >= 11 is 0. The first-order valence-electron chi connectivity index (χ1n) is 11.6. The number of benzene rings is 1. The molecule has 0 radical (unpaired) electrons. The van der Waals surface area contributed by atoms with Crippen molar-refractivity contribution in [3.05, 3.63) is 59.7 Å². The molecule has 1 aromatic carbocycles. The lowest BCUT2D eigenvalue weighted by Crippen LogP contribution is -2.48. The Balaban J connectivity index is 1.32. The highest BCUT2D eigenvalue weighted by molar-refractivity contribution is 5.89. The summed E-state index contributed by atoms with van der Waals surface area (Å²) in [5, 5.41) is 0. The van der Waals surface area contributed by atoms with E-state index in [9.17, 15) is 4.79 Å². The van der Waals surface area contributed by atoms with Gasteiger partial charge in [-0.05, 0) is 92.1 Å². The van der Waals surface area contributed by atoms with Crippen molar-refractivity contribution in [2.45, 2.75) is 71.3 Å². The SMILES string of the molecule is C=C1CC[C@H]2[C@@H]3CC[C@@H]4C[C@H](OC(=O)c5ccccc5)CC[C@]4(C)C3=CC[C@]12C. The summed E-state index contributed by atoms with van der Waals surface area (Å²) < 4.78 is 5.94. The first-order chi connectivity index (χ1) is 13.9. The van der Waals surface area contributed by atoms with Crippen molar-refractivity contribution in [3.8, 4) is 0 Å². The maximum Gasteiger partial charge on any atom is 0.338 e. The summed E-state index contributed by atoms with van der Waals surface area (Å²) in [6, 6.07) is 9.43. The molecule has 3 saturated carbocycles. The van der Waals surface area contributed by atoms with Crippen LogP contribution in [0.4, 0.5) is 0 Å². The second kappa shape index (κ2) is 6.86. The van der Waals surface area contributed by atoms with Gasteiger partial charge in [0.2, 0.25) is 0 Å². The fourth-order valence-electron chi connectivity index (χ4n) is 7.30. The van der Waals surface area contributed by atoms with Gasteiger partial charge < -0.3 is 4.74 Å². The second-order valence-electron chi connectivity index (χ2n) is 10.5. The van der Waals surface area contributed by atoms with Crippen molar-refractivity contribution in [2.75, 3.05) is 0 Å². The molecule has 0 spiro atoms. The van der Waals surface area contributed by atoms with Gasteiger partial charge in [0.25, 0.3) is 0 Å². The zero-order valence-corrected chi connectivity index (χ0v) is 18.0. The lowest BCUT2D eigenvalue weighted by Gasteiger charge is -2.56. The Hall–Kier alpha value is -1.83. The smallest absolute Gasteiger partial charge is 0.338 e. The summed E-state index contributed by atoms with van der Waals surface area (Å²) in [6.07, 6.45) is 12.1. The lowest BCUT2D eigenvalue weighted by atomic mass is 9.49. The van der Waals surface area contributed by atoms with Crippen LogP contribution in [0.2, 0.25) is 0 Å². The minimum Gasteiger partial charge on any atom is -0.459 e. The van der Waals surface area contributed by atoms with E-state index in [1.165, 1.54) is 37.7 Å². The maximum absolute atomic E-state index is 12.5. The number of fused-ring (bicyclic) bond motifs is 5. The fourth-order valence-corrected chi connectivity index (χ4v) is 7.30. The van der Waals surface area contributed by atoms with Crippen molar-refractivity contribution < 1.29 is 9.53 Å². The van der Waals surface area contributed by atoms with Gasteiger partial charge in [-0.15, -0.1) is 0 Å². The summed E-state index contributed by atoms with van der Waals surface area (Å²) in [5.41, 5.74) is 4.53. The molecule has 4 aliphatic rings. The van der Waals surface area contributed by atoms with Crippen molar-refractivity contribution in [3.63, 3.8) is 0 Å². The molecule has 0 unspecified atom stereocenters. The Morgan fingerprint density at radius 3 is 2.66 bits per heavy atom. The van der Waals surface area contributed by atoms with Crippen LogP contribution in [-0.4, -0.2) is 12.1 Å². The van der Waals surface area contributed by atoms with E-state index in [-0.39, 0.29) is 12.1 Å². The van der Waals surface area contributed by atoms with Crippen LogP contribution in [0.25, 0.3) is 0 Å². The molecule has 154 valence electrons. The molecule has 0 aromatic heterocycles. The van der Waals surface area contributed by atoms with Gasteiger partial charge in [-0.2, -0.15) is 0 Å². The van der Waals surface area contributed by atoms with Crippen molar-refractivity contribution in [2.24, 2.45) is 28.6 Å². The van der Waals surface area contributed by atoms with Gasteiger partial charge in [-0.25, -0.2) is 4.79 Å². The molecule has 3 fully saturated rings. The molecule has 5 rings (SSSR count). The molecule has 0 aliphatic heterocycles. The first kappa shape index (κ1) is 19.2. The van der Waals surface area contributed by atoms with Crippen LogP contribution in [-0.2, 0) is 4.74 Å². The molecule has 0 saturated heterocycles. The largest absolute Gasteiger partial charge is 0.459 e. The molecule has 0 bridgehead atoms.